The van der Waals surface area contributed by atoms with Gasteiger partial charge in [0.15, 0.2) is 0 Å². The third kappa shape index (κ3) is 2.27. The normalized spacial score (nSPS) is 14.7. The molecular weight excluding hydrogens is 271 g/mol. The molecule has 0 atom stereocenters. The van der Waals surface area contributed by atoms with Crippen molar-refractivity contribution in [3.05, 3.63) is 53.3 Å². The van der Waals surface area contributed by atoms with Gasteiger partial charge in [0.25, 0.3) is 0 Å². The summed E-state index contributed by atoms with van der Waals surface area (Å²) in [6, 6.07) is 8.94. The number of aromatic carboxylic acids is 1. The van der Waals surface area contributed by atoms with E-state index in [0.29, 0.717) is 11.1 Å². The molecular formula is C17H15FO3. The highest BCUT2D eigenvalue weighted by Crippen LogP contribution is 2.45. The summed E-state index contributed by atoms with van der Waals surface area (Å²) < 4.78 is 14.2. The Labute approximate surface area is 121 Å². The zero-order valence-corrected chi connectivity index (χ0v) is 11.3. The number of carboxylic acid groups (broad SMARTS) is 1. The minimum atomic E-state index is -1.13. The lowest BCUT2D eigenvalue weighted by atomic mass is 9.76. The van der Waals surface area contributed by atoms with Crippen LogP contribution in [0.2, 0.25) is 0 Å². The molecule has 0 radical (unpaired) electrons. The Morgan fingerprint density at radius 1 is 1.14 bits per heavy atom. The summed E-state index contributed by atoms with van der Waals surface area (Å²) in [5, 5.41) is 19.4. The first-order valence-corrected chi connectivity index (χ1v) is 6.93. The Bertz CT molecular complexity index is 705. The summed E-state index contributed by atoms with van der Waals surface area (Å²) in [5.41, 5.74) is 1.19. The van der Waals surface area contributed by atoms with Crippen LogP contribution in [-0.4, -0.2) is 16.2 Å². The van der Waals surface area contributed by atoms with Crippen LogP contribution in [0.25, 0.3) is 11.1 Å². The molecule has 4 heteroatoms. The van der Waals surface area contributed by atoms with Gasteiger partial charge in [-0.05, 0) is 48.1 Å². The Morgan fingerprint density at radius 3 is 2.48 bits per heavy atom. The highest BCUT2D eigenvalue weighted by molar-refractivity contribution is 5.98. The largest absolute Gasteiger partial charge is 0.507 e. The van der Waals surface area contributed by atoms with E-state index in [9.17, 15) is 19.4 Å². The van der Waals surface area contributed by atoms with Crippen molar-refractivity contribution in [2.45, 2.75) is 25.2 Å². The molecule has 0 unspecified atom stereocenters. The average molecular weight is 286 g/mol. The van der Waals surface area contributed by atoms with Gasteiger partial charge in [-0.1, -0.05) is 24.6 Å². The minimum Gasteiger partial charge on any atom is -0.507 e. The van der Waals surface area contributed by atoms with E-state index in [1.54, 1.807) is 12.1 Å². The van der Waals surface area contributed by atoms with E-state index >= 15 is 0 Å². The van der Waals surface area contributed by atoms with Crippen molar-refractivity contribution >= 4 is 5.97 Å². The van der Waals surface area contributed by atoms with Crippen molar-refractivity contribution in [1.82, 2.24) is 0 Å². The number of hydrogen-bond donors (Lipinski definition) is 2. The second-order valence-electron chi connectivity index (χ2n) is 5.33. The Morgan fingerprint density at radius 2 is 1.86 bits per heavy atom. The Hall–Kier alpha value is -2.36. The van der Waals surface area contributed by atoms with E-state index in [2.05, 4.69) is 0 Å². The smallest absolute Gasteiger partial charge is 0.336 e. The fraction of sp³-hybridized carbons (Fsp3) is 0.235. The lowest BCUT2D eigenvalue weighted by Crippen LogP contribution is -2.13. The second kappa shape index (κ2) is 5.20. The highest BCUT2D eigenvalue weighted by Gasteiger charge is 2.28. The zero-order chi connectivity index (χ0) is 15.0. The van der Waals surface area contributed by atoms with Crippen molar-refractivity contribution in [1.29, 1.82) is 0 Å². The van der Waals surface area contributed by atoms with Gasteiger partial charge in [-0.2, -0.15) is 0 Å². The van der Waals surface area contributed by atoms with Crippen molar-refractivity contribution in [2.75, 3.05) is 0 Å². The minimum absolute atomic E-state index is 0.0128. The monoisotopic (exact) mass is 286 g/mol. The maximum Gasteiger partial charge on any atom is 0.336 e. The lowest BCUT2D eigenvalue weighted by Gasteiger charge is -2.28. The molecule has 2 aromatic rings. The van der Waals surface area contributed by atoms with Gasteiger partial charge in [0, 0.05) is 5.56 Å². The van der Waals surface area contributed by atoms with Crippen molar-refractivity contribution in [3.63, 3.8) is 0 Å². The molecule has 2 N–H and O–H groups in total. The van der Waals surface area contributed by atoms with Gasteiger partial charge in [0.1, 0.15) is 11.6 Å². The van der Waals surface area contributed by atoms with E-state index in [4.69, 9.17) is 0 Å². The average Bonchev–Trinajstić information content (AvgIpc) is 2.39. The predicted octanol–water partition coefficient (Wildman–Crippen LogP) is 4.16. The number of benzene rings is 2. The molecule has 21 heavy (non-hydrogen) atoms. The van der Waals surface area contributed by atoms with E-state index in [1.165, 1.54) is 24.3 Å². The van der Waals surface area contributed by atoms with Gasteiger partial charge in [-0.25, -0.2) is 9.18 Å². The Kier molecular flexibility index (Phi) is 3.37. The maximum atomic E-state index is 14.2. The lowest BCUT2D eigenvalue weighted by molar-refractivity contribution is 0.0697. The topological polar surface area (TPSA) is 57.5 Å². The van der Waals surface area contributed by atoms with Gasteiger partial charge in [0.05, 0.1) is 5.56 Å². The number of hydrogen-bond acceptors (Lipinski definition) is 2. The van der Waals surface area contributed by atoms with E-state index in [1.807, 2.05) is 0 Å². The van der Waals surface area contributed by atoms with E-state index < -0.39 is 5.97 Å². The first-order valence-electron chi connectivity index (χ1n) is 6.93. The molecule has 0 spiro atoms. The van der Waals surface area contributed by atoms with Crippen LogP contribution in [0.1, 0.15) is 41.1 Å². The first kappa shape index (κ1) is 13.6. The van der Waals surface area contributed by atoms with Gasteiger partial charge < -0.3 is 10.2 Å². The van der Waals surface area contributed by atoms with Crippen molar-refractivity contribution < 1.29 is 19.4 Å². The second-order valence-corrected chi connectivity index (χ2v) is 5.33. The van der Waals surface area contributed by atoms with Crippen LogP contribution in [0.4, 0.5) is 4.39 Å². The van der Waals surface area contributed by atoms with Crippen molar-refractivity contribution in [2.24, 2.45) is 0 Å². The van der Waals surface area contributed by atoms with Gasteiger partial charge in [-0.3, -0.25) is 0 Å². The molecule has 1 saturated carbocycles. The summed E-state index contributed by atoms with van der Waals surface area (Å²) in [6.07, 6.45) is 2.83. The maximum absolute atomic E-state index is 14.2. The molecule has 108 valence electrons. The molecule has 0 bridgehead atoms. The van der Waals surface area contributed by atoms with Crippen LogP contribution in [0, 0.1) is 5.82 Å². The van der Waals surface area contributed by atoms with Crippen LogP contribution in [0.5, 0.6) is 5.75 Å². The van der Waals surface area contributed by atoms with Gasteiger partial charge >= 0.3 is 5.97 Å². The number of rotatable bonds is 3. The van der Waals surface area contributed by atoms with E-state index in [-0.39, 0.29) is 28.6 Å². The first-order chi connectivity index (χ1) is 10.1. The molecule has 3 nitrogen and oxygen atoms in total. The third-order valence-electron chi connectivity index (χ3n) is 4.11. The summed E-state index contributed by atoms with van der Waals surface area (Å²) in [5.74, 6) is -1.51. The molecule has 0 aliphatic heterocycles. The molecule has 1 aliphatic carbocycles. The van der Waals surface area contributed by atoms with Crippen LogP contribution in [0.15, 0.2) is 36.4 Å². The zero-order valence-electron chi connectivity index (χ0n) is 11.3. The molecule has 1 aliphatic rings. The standard InChI is InChI=1S/C17H15FO3/c18-13-8-2-6-11(15(13)10-4-1-5-10)16-12(17(20)21)7-3-9-14(16)19/h2-3,6-10,19H,1,4-5H2,(H,20,21). The summed E-state index contributed by atoms with van der Waals surface area (Å²) in [6.45, 7) is 0. The molecule has 0 heterocycles. The predicted molar refractivity (Wildman–Crippen MR) is 77.1 cm³/mol. The van der Waals surface area contributed by atoms with Crippen LogP contribution in [-0.2, 0) is 0 Å². The molecule has 0 aromatic heterocycles. The van der Waals surface area contributed by atoms with Crippen LogP contribution < -0.4 is 0 Å². The number of phenolic OH excluding ortho intramolecular Hbond substituents is 1. The number of carboxylic acids is 1. The summed E-state index contributed by atoms with van der Waals surface area (Å²) in [4.78, 5) is 11.4. The quantitative estimate of drug-likeness (QED) is 0.890. The van der Waals surface area contributed by atoms with Crippen molar-refractivity contribution in [3.8, 4) is 16.9 Å². The highest BCUT2D eigenvalue weighted by atomic mass is 19.1. The molecule has 1 fully saturated rings. The fourth-order valence-corrected chi connectivity index (χ4v) is 2.87. The molecule has 0 saturated heterocycles. The Balaban J connectivity index is 2.26. The number of phenols is 1. The summed E-state index contributed by atoms with van der Waals surface area (Å²) >= 11 is 0. The number of halogens is 1. The molecule has 0 amide bonds. The third-order valence-corrected chi connectivity index (χ3v) is 4.11. The van der Waals surface area contributed by atoms with E-state index in [0.717, 1.165) is 19.3 Å². The van der Waals surface area contributed by atoms with Crippen LogP contribution in [0.3, 0.4) is 0 Å². The number of carbonyl (C=O) groups is 1. The van der Waals surface area contributed by atoms with Crippen LogP contribution >= 0.6 is 0 Å². The SMILES string of the molecule is O=C(O)c1cccc(O)c1-c1cccc(F)c1C1CCC1. The van der Waals surface area contributed by atoms with Gasteiger partial charge in [-0.15, -0.1) is 0 Å². The number of aromatic hydroxyl groups is 1. The van der Waals surface area contributed by atoms with Gasteiger partial charge in [0.2, 0.25) is 0 Å². The molecule has 2 aromatic carbocycles. The molecule has 3 rings (SSSR count). The fourth-order valence-electron chi connectivity index (χ4n) is 2.87. The summed E-state index contributed by atoms with van der Waals surface area (Å²) in [7, 11) is 0.